The summed E-state index contributed by atoms with van der Waals surface area (Å²) < 4.78 is 11.6. The minimum Gasteiger partial charge on any atom is -0.483 e. The van der Waals surface area contributed by atoms with Gasteiger partial charge in [-0.05, 0) is 30.5 Å². The second kappa shape index (κ2) is 6.79. The van der Waals surface area contributed by atoms with Crippen LogP contribution < -0.4 is 4.90 Å². The first-order chi connectivity index (χ1) is 13.7. The molecular weight excluding hydrogens is 378 g/mol. The molecule has 28 heavy (non-hydrogen) atoms. The topological polar surface area (TPSA) is 81.6 Å². The summed E-state index contributed by atoms with van der Waals surface area (Å²) in [7, 11) is 1.67. The van der Waals surface area contributed by atoms with Gasteiger partial charge in [-0.25, -0.2) is 4.98 Å². The maximum atomic E-state index is 13.5. The van der Waals surface area contributed by atoms with Crippen molar-refractivity contribution < 1.29 is 19.1 Å². The molecule has 0 aromatic carbocycles. The molecule has 1 saturated carbocycles. The van der Waals surface area contributed by atoms with Crippen molar-refractivity contribution in [2.75, 3.05) is 12.0 Å². The van der Waals surface area contributed by atoms with E-state index in [0.717, 1.165) is 12.0 Å². The molecule has 1 amide bonds. The Kier molecular flexibility index (Phi) is 4.25. The standard InChI is InChI=1S/C20H19N3O4S/c1-26-12-2-3-13-14(10-12)27-18-15(17(13)24)16(11-4-6-21-7-5-11)23(19(18)25)20-22-8-9-28-20/h4-9,12-14,16H,2-3,10H2,1H3. The number of thiazole rings is 1. The molecule has 0 bridgehead atoms. The lowest BCUT2D eigenvalue weighted by Gasteiger charge is -2.38. The summed E-state index contributed by atoms with van der Waals surface area (Å²) in [6.45, 7) is 0. The van der Waals surface area contributed by atoms with Gasteiger partial charge in [-0.2, -0.15) is 0 Å². The van der Waals surface area contributed by atoms with Crippen LogP contribution >= 0.6 is 11.3 Å². The molecule has 2 aromatic rings. The molecule has 0 saturated heterocycles. The average Bonchev–Trinajstić information content (AvgIpc) is 3.35. The van der Waals surface area contributed by atoms with Gasteiger partial charge in [0.2, 0.25) is 0 Å². The highest BCUT2D eigenvalue weighted by molar-refractivity contribution is 7.13. The molecule has 4 atom stereocenters. The molecule has 0 N–H and O–H groups in total. The fourth-order valence-corrected chi connectivity index (χ4v) is 5.10. The molecule has 7 nitrogen and oxygen atoms in total. The van der Waals surface area contributed by atoms with Crippen molar-refractivity contribution in [1.82, 2.24) is 9.97 Å². The molecule has 0 radical (unpaired) electrons. The number of carbonyl (C=O) groups is 2. The normalized spacial score (nSPS) is 29.5. The van der Waals surface area contributed by atoms with Crippen LogP contribution in [0.15, 0.2) is 47.4 Å². The highest BCUT2D eigenvalue weighted by Crippen LogP contribution is 2.48. The van der Waals surface area contributed by atoms with Crippen LogP contribution in [0.4, 0.5) is 5.13 Å². The summed E-state index contributed by atoms with van der Waals surface area (Å²) in [5.41, 5.74) is 1.27. The zero-order chi connectivity index (χ0) is 19.3. The van der Waals surface area contributed by atoms with Gasteiger partial charge in [-0.1, -0.05) is 0 Å². The zero-order valence-electron chi connectivity index (χ0n) is 15.3. The molecule has 1 fully saturated rings. The van der Waals surface area contributed by atoms with Gasteiger partial charge >= 0.3 is 0 Å². The van der Waals surface area contributed by atoms with Crippen LogP contribution in [-0.4, -0.2) is 41.0 Å². The minimum atomic E-state index is -0.537. The van der Waals surface area contributed by atoms with Crippen LogP contribution in [0.5, 0.6) is 0 Å². The lowest BCUT2D eigenvalue weighted by molar-refractivity contribution is -0.135. The number of ether oxygens (including phenoxy) is 2. The molecule has 144 valence electrons. The van der Waals surface area contributed by atoms with E-state index >= 15 is 0 Å². The number of rotatable bonds is 3. The third kappa shape index (κ3) is 2.59. The second-order valence-corrected chi connectivity index (χ2v) is 8.09. The summed E-state index contributed by atoms with van der Waals surface area (Å²) in [4.78, 5) is 36.8. The van der Waals surface area contributed by atoms with E-state index in [1.807, 2.05) is 17.5 Å². The van der Waals surface area contributed by atoms with Crippen molar-refractivity contribution in [2.45, 2.75) is 37.5 Å². The Hall–Kier alpha value is -2.58. The number of hydrogen-bond donors (Lipinski definition) is 0. The molecular formula is C20H19N3O4S. The van der Waals surface area contributed by atoms with E-state index in [4.69, 9.17) is 9.47 Å². The van der Waals surface area contributed by atoms with E-state index in [1.54, 1.807) is 30.6 Å². The Morgan fingerprint density at radius 1 is 1.21 bits per heavy atom. The predicted octanol–water partition coefficient (Wildman–Crippen LogP) is 2.66. The fourth-order valence-electron chi connectivity index (χ4n) is 4.44. The summed E-state index contributed by atoms with van der Waals surface area (Å²) in [5.74, 6) is -0.369. The van der Waals surface area contributed by atoms with E-state index in [-0.39, 0.29) is 35.6 Å². The number of carbonyl (C=O) groups excluding carboxylic acids is 2. The summed E-state index contributed by atoms with van der Waals surface area (Å²) >= 11 is 1.36. The maximum Gasteiger partial charge on any atom is 0.296 e. The van der Waals surface area contributed by atoms with Crippen LogP contribution in [0.3, 0.4) is 0 Å². The lowest BCUT2D eigenvalue weighted by atomic mass is 9.76. The van der Waals surface area contributed by atoms with Gasteiger partial charge in [-0.3, -0.25) is 19.5 Å². The Labute approximate surface area is 166 Å². The van der Waals surface area contributed by atoms with Gasteiger partial charge in [0, 0.05) is 37.5 Å². The van der Waals surface area contributed by atoms with Gasteiger partial charge in [0.05, 0.1) is 23.6 Å². The first-order valence-electron chi connectivity index (χ1n) is 9.30. The average molecular weight is 397 g/mol. The van der Waals surface area contributed by atoms with Crippen LogP contribution in [0.1, 0.15) is 30.9 Å². The van der Waals surface area contributed by atoms with Crippen LogP contribution in [0, 0.1) is 5.92 Å². The van der Waals surface area contributed by atoms with Crippen molar-refractivity contribution in [3.05, 3.63) is 53.0 Å². The third-order valence-corrected chi connectivity index (χ3v) is 6.56. The molecule has 5 rings (SSSR count). The number of nitrogens with zero attached hydrogens (tertiary/aromatic N) is 3. The summed E-state index contributed by atoms with van der Waals surface area (Å²) in [6, 6.07) is 3.12. The molecule has 0 spiro atoms. The Balaban J connectivity index is 1.60. The Morgan fingerprint density at radius 3 is 2.75 bits per heavy atom. The number of fused-ring (bicyclic) bond motifs is 1. The van der Waals surface area contributed by atoms with Crippen molar-refractivity contribution in [2.24, 2.45) is 5.92 Å². The van der Waals surface area contributed by atoms with Crippen molar-refractivity contribution >= 4 is 28.2 Å². The van der Waals surface area contributed by atoms with Gasteiger partial charge in [0.1, 0.15) is 6.10 Å². The first kappa shape index (κ1) is 17.5. The monoisotopic (exact) mass is 397 g/mol. The highest BCUT2D eigenvalue weighted by atomic mass is 32.1. The minimum absolute atomic E-state index is 0.00928. The molecule has 4 unspecified atom stereocenters. The van der Waals surface area contributed by atoms with Gasteiger partial charge in [0.15, 0.2) is 16.7 Å². The van der Waals surface area contributed by atoms with E-state index < -0.39 is 6.04 Å². The number of pyridine rings is 1. The van der Waals surface area contributed by atoms with E-state index in [0.29, 0.717) is 23.5 Å². The number of ketones is 1. The quantitative estimate of drug-likeness (QED) is 0.792. The SMILES string of the molecule is COC1CCC2C(=O)C3=C(OC2C1)C(=O)N(c1nccs1)C3c1ccncc1. The molecule has 4 heterocycles. The molecule has 2 aromatic heterocycles. The van der Waals surface area contributed by atoms with Gasteiger partial charge in [-0.15, -0.1) is 11.3 Å². The van der Waals surface area contributed by atoms with E-state index in [2.05, 4.69) is 9.97 Å². The van der Waals surface area contributed by atoms with Crippen LogP contribution in [0.2, 0.25) is 0 Å². The van der Waals surface area contributed by atoms with Gasteiger partial charge < -0.3 is 9.47 Å². The van der Waals surface area contributed by atoms with E-state index in [9.17, 15) is 9.59 Å². The first-order valence-corrected chi connectivity index (χ1v) is 10.2. The second-order valence-electron chi connectivity index (χ2n) is 7.21. The molecule has 3 aliphatic rings. The number of anilines is 1. The largest absolute Gasteiger partial charge is 0.483 e. The predicted molar refractivity (Wildman–Crippen MR) is 102 cm³/mol. The smallest absolute Gasteiger partial charge is 0.296 e. The van der Waals surface area contributed by atoms with Crippen molar-refractivity contribution in [3.63, 3.8) is 0 Å². The van der Waals surface area contributed by atoms with Crippen LogP contribution in [0.25, 0.3) is 0 Å². The number of hydrogen-bond acceptors (Lipinski definition) is 7. The van der Waals surface area contributed by atoms with Crippen molar-refractivity contribution in [3.8, 4) is 0 Å². The van der Waals surface area contributed by atoms with Gasteiger partial charge in [0.25, 0.3) is 5.91 Å². The zero-order valence-corrected chi connectivity index (χ0v) is 16.1. The highest BCUT2D eigenvalue weighted by Gasteiger charge is 2.53. The summed E-state index contributed by atoms with van der Waals surface area (Å²) in [6.07, 6.45) is 6.86. The number of aromatic nitrogens is 2. The van der Waals surface area contributed by atoms with E-state index in [1.165, 1.54) is 11.3 Å². The number of amides is 1. The fraction of sp³-hybridized carbons (Fsp3) is 0.400. The number of Topliss-reactive ketones (excluding diaryl/α,β-unsaturated/α-hetero) is 1. The third-order valence-electron chi connectivity index (χ3n) is 5.78. The lowest BCUT2D eigenvalue weighted by Crippen LogP contribution is -2.43. The van der Waals surface area contributed by atoms with Crippen molar-refractivity contribution in [1.29, 1.82) is 0 Å². The number of methoxy groups -OCH3 is 1. The Bertz CT molecular complexity index is 944. The molecule has 8 heteroatoms. The summed E-state index contributed by atoms with van der Waals surface area (Å²) in [5, 5.41) is 2.37. The maximum absolute atomic E-state index is 13.5. The molecule has 2 aliphatic heterocycles. The van der Waals surface area contributed by atoms with Crippen LogP contribution in [-0.2, 0) is 19.1 Å². The Morgan fingerprint density at radius 2 is 2.04 bits per heavy atom. The molecule has 1 aliphatic carbocycles.